The standard InChI is InChI=1S/C11H14O2S/c1-11(2,3)8-4-6-9(7-5-8)14-10(12)13/h4-7H,1-3H3,(H,12,13). The van der Waals surface area contributed by atoms with Gasteiger partial charge in [-0.2, -0.15) is 0 Å². The van der Waals surface area contributed by atoms with Crippen LogP contribution in [0.2, 0.25) is 0 Å². The number of carbonyl (C=O) groups is 1. The van der Waals surface area contributed by atoms with E-state index in [9.17, 15) is 4.79 Å². The first-order valence-electron chi connectivity index (χ1n) is 4.41. The third-order valence-corrected chi connectivity index (χ3v) is 2.61. The lowest BCUT2D eigenvalue weighted by molar-refractivity contribution is 0.222. The van der Waals surface area contributed by atoms with Crippen molar-refractivity contribution in [3.8, 4) is 0 Å². The van der Waals surface area contributed by atoms with Crippen LogP contribution in [-0.4, -0.2) is 10.4 Å². The summed E-state index contributed by atoms with van der Waals surface area (Å²) in [5, 5.41) is 7.69. The Morgan fingerprint density at radius 1 is 1.21 bits per heavy atom. The van der Waals surface area contributed by atoms with Gasteiger partial charge in [0.2, 0.25) is 0 Å². The Hall–Kier alpha value is -0.960. The van der Waals surface area contributed by atoms with Crippen LogP contribution in [0.1, 0.15) is 26.3 Å². The van der Waals surface area contributed by atoms with Crippen molar-refractivity contribution in [2.24, 2.45) is 0 Å². The summed E-state index contributed by atoms with van der Waals surface area (Å²) in [6.07, 6.45) is 0. The normalized spacial score (nSPS) is 11.4. The van der Waals surface area contributed by atoms with Crippen molar-refractivity contribution in [2.45, 2.75) is 31.1 Å². The summed E-state index contributed by atoms with van der Waals surface area (Å²) in [6, 6.07) is 7.65. The summed E-state index contributed by atoms with van der Waals surface area (Å²) in [7, 11) is 0. The first-order chi connectivity index (χ1) is 6.39. The molecule has 1 aromatic rings. The minimum atomic E-state index is -0.867. The molecule has 0 bridgehead atoms. The highest BCUT2D eigenvalue weighted by molar-refractivity contribution is 8.13. The molecule has 14 heavy (non-hydrogen) atoms. The number of rotatable bonds is 1. The topological polar surface area (TPSA) is 37.3 Å². The third-order valence-electron chi connectivity index (χ3n) is 1.93. The quantitative estimate of drug-likeness (QED) is 0.717. The molecule has 0 saturated heterocycles. The van der Waals surface area contributed by atoms with Gasteiger partial charge < -0.3 is 5.11 Å². The molecular weight excluding hydrogens is 196 g/mol. The zero-order chi connectivity index (χ0) is 10.8. The van der Waals surface area contributed by atoms with Crippen LogP contribution in [0.25, 0.3) is 0 Å². The number of carboxylic acid groups (broad SMARTS) is 1. The van der Waals surface area contributed by atoms with Crippen molar-refractivity contribution in [1.29, 1.82) is 0 Å². The fourth-order valence-corrected chi connectivity index (χ4v) is 1.60. The van der Waals surface area contributed by atoms with Crippen LogP contribution >= 0.6 is 11.8 Å². The van der Waals surface area contributed by atoms with Crippen molar-refractivity contribution in [2.75, 3.05) is 0 Å². The van der Waals surface area contributed by atoms with Crippen LogP contribution in [0.15, 0.2) is 29.2 Å². The van der Waals surface area contributed by atoms with Crippen molar-refractivity contribution < 1.29 is 9.90 Å². The van der Waals surface area contributed by atoms with E-state index in [1.807, 2.05) is 24.3 Å². The van der Waals surface area contributed by atoms with Gasteiger partial charge in [0.1, 0.15) is 0 Å². The Morgan fingerprint density at radius 2 is 1.71 bits per heavy atom. The Balaban J connectivity index is 2.84. The maximum atomic E-state index is 10.4. The highest BCUT2D eigenvalue weighted by Crippen LogP contribution is 2.25. The van der Waals surface area contributed by atoms with Gasteiger partial charge in [0.05, 0.1) is 0 Å². The molecule has 2 nitrogen and oxygen atoms in total. The van der Waals surface area contributed by atoms with E-state index < -0.39 is 5.30 Å². The summed E-state index contributed by atoms with van der Waals surface area (Å²) in [6.45, 7) is 6.39. The van der Waals surface area contributed by atoms with Crippen molar-refractivity contribution in [1.82, 2.24) is 0 Å². The first kappa shape index (κ1) is 11.1. The van der Waals surface area contributed by atoms with Crippen LogP contribution in [0.5, 0.6) is 0 Å². The minimum absolute atomic E-state index is 0.117. The minimum Gasteiger partial charge on any atom is -0.473 e. The molecule has 0 unspecified atom stereocenters. The zero-order valence-electron chi connectivity index (χ0n) is 8.57. The fraction of sp³-hybridized carbons (Fsp3) is 0.364. The van der Waals surface area contributed by atoms with Crippen LogP contribution in [0.4, 0.5) is 4.79 Å². The lowest BCUT2D eigenvalue weighted by Gasteiger charge is -2.18. The SMILES string of the molecule is CC(C)(C)c1ccc(SC(=O)O)cc1. The molecule has 0 aliphatic heterocycles. The van der Waals surface area contributed by atoms with E-state index in [1.165, 1.54) is 5.56 Å². The second-order valence-electron chi connectivity index (χ2n) is 4.14. The summed E-state index contributed by atoms with van der Waals surface area (Å²) in [5.74, 6) is 0. The Morgan fingerprint density at radius 3 is 2.07 bits per heavy atom. The first-order valence-corrected chi connectivity index (χ1v) is 5.22. The zero-order valence-corrected chi connectivity index (χ0v) is 9.39. The van der Waals surface area contributed by atoms with Crippen molar-refractivity contribution in [3.05, 3.63) is 29.8 Å². The molecular formula is C11H14O2S. The molecule has 0 aromatic heterocycles. The molecule has 1 rings (SSSR count). The Bertz CT molecular complexity index is 322. The number of benzene rings is 1. The monoisotopic (exact) mass is 210 g/mol. The summed E-state index contributed by atoms with van der Waals surface area (Å²) < 4.78 is 0. The molecule has 76 valence electrons. The lowest BCUT2D eigenvalue weighted by atomic mass is 9.87. The number of hydrogen-bond acceptors (Lipinski definition) is 2. The molecule has 0 aliphatic rings. The van der Waals surface area contributed by atoms with Crippen molar-refractivity contribution >= 4 is 17.1 Å². The van der Waals surface area contributed by atoms with Gasteiger partial charge >= 0.3 is 5.30 Å². The molecule has 0 fully saturated rings. The summed E-state index contributed by atoms with van der Waals surface area (Å²) in [4.78, 5) is 11.2. The predicted molar refractivity (Wildman–Crippen MR) is 59.0 cm³/mol. The van der Waals surface area contributed by atoms with Gasteiger partial charge in [-0.15, -0.1) is 0 Å². The Kier molecular flexibility index (Phi) is 3.21. The second kappa shape index (κ2) is 4.05. The average Bonchev–Trinajstić information content (AvgIpc) is 2.02. The highest BCUT2D eigenvalue weighted by Gasteiger charge is 2.13. The van der Waals surface area contributed by atoms with E-state index in [0.717, 1.165) is 16.7 Å². The van der Waals surface area contributed by atoms with Crippen LogP contribution in [-0.2, 0) is 5.41 Å². The van der Waals surface area contributed by atoms with Crippen LogP contribution in [0.3, 0.4) is 0 Å². The van der Waals surface area contributed by atoms with E-state index >= 15 is 0 Å². The predicted octanol–water partition coefficient (Wildman–Crippen LogP) is 3.75. The fourth-order valence-electron chi connectivity index (χ4n) is 1.12. The summed E-state index contributed by atoms with van der Waals surface area (Å²) in [5.41, 5.74) is 1.33. The van der Waals surface area contributed by atoms with E-state index in [2.05, 4.69) is 20.8 Å². The van der Waals surface area contributed by atoms with E-state index in [1.54, 1.807) is 0 Å². The average molecular weight is 210 g/mol. The molecule has 1 aromatic carbocycles. The highest BCUT2D eigenvalue weighted by atomic mass is 32.2. The molecule has 0 radical (unpaired) electrons. The van der Waals surface area contributed by atoms with Gasteiger partial charge in [-0.3, -0.25) is 0 Å². The molecule has 3 heteroatoms. The van der Waals surface area contributed by atoms with Gasteiger partial charge in [0, 0.05) is 4.90 Å². The maximum Gasteiger partial charge on any atom is 0.369 e. The molecule has 0 atom stereocenters. The van der Waals surface area contributed by atoms with Crippen LogP contribution < -0.4 is 0 Å². The molecule has 0 saturated carbocycles. The number of hydrogen-bond donors (Lipinski definition) is 1. The van der Waals surface area contributed by atoms with Gasteiger partial charge in [-0.05, 0) is 34.9 Å². The van der Waals surface area contributed by atoms with E-state index in [0.29, 0.717) is 0 Å². The second-order valence-corrected chi connectivity index (χ2v) is 5.17. The Labute approximate surface area is 88.3 Å². The lowest BCUT2D eigenvalue weighted by Crippen LogP contribution is -2.10. The molecule has 0 heterocycles. The van der Waals surface area contributed by atoms with Crippen molar-refractivity contribution in [3.63, 3.8) is 0 Å². The van der Waals surface area contributed by atoms with Gasteiger partial charge in [-0.25, -0.2) is 4.79 Å². The molecule has 0 amide bonds. The van der Waals surface area contributed by atoms with E-state index in [4.69, 9.17) is 5.11 Å². The van der Waals surface area contributed by atoms with Crippen LogP contribution in [0, 0.1) is 0 Å². The van der Waals surface area contributed by atoms with Gasteiger partial charge in [0.15, 0.2) is 0 Å². The van der Waals surface area contributed by atoms with Gasteiger partial charge in [-0.1, -0.05) is 32.9 Å². The third kappa shape index (κ3) is 3.07. The van der Waals surface area contributed by atoms with Gasteiger partial charge in [0.25, 0.3) is 0 Å². The molecule has 0 aliphatic carbocycles. The summed E-state index contributed by atoms with van der Waals surface area (Å²) >= 11 is 0.834. The molecule has 1 N–H and O–H groups in total. The maximum absolute atomic E-state index is 10.4. The van der Waals surface area contributed by atoms with E-state index in [-0.39, 0.29) is 5.41 Å². The smallest absolute Gasteiger partial charge is 0.369 e. The number of thioether (sulfide) groups is 1. The largest absolute Gasteiger partial charge is 0.473 e. The molecule has 0 spiro atoms.